The van der Waals surface area contributed by atoms with Crippen LogP contribution in [0.1, 0.15) is 11.3 Å². The number of nitriles is 1. The van der Waals surface area contributed by atoms with Gasteiger partial charge in [-0.1, -0.05) is 0 Å². The molecular weight excluding hydrogens is 262 g/mol. The molecule has 1 aromatic heterocycles. The first-order chi connectivity index (χ1) is 8.82. The molecule has 0 N–H and O–H groups in total. The molecule has 0 saturated carbocycles. The molecule has 2 rings (SSSR count). The third-order valence-corrected chi connectivity index (χ3v) is 2.51. The Morgan fingerprint density at radius 2 is 2.00 bits per heavy atom. The van der Waals surface area contributed by atoms with Crippen molar-refractivity contribution in [3.05, 3.63) is 41.5 Å². The van der Waals surface area contributed by atoms with Crippen molar-refractivity contribution in [2.75, 3.05) is 0 Å². The van der Waals surface area contributed by atoms with Crippen LogP contribution in [-0.4, -0.2) is 9.55 Å². The Balaban J connectivity index is 2.51. The maximum absolute atomic E-state index is 13.4. The van der Waals surface area contributed by atoms with Crippen LogP contribution in [0.15, 0.2) is 24.4 Å². The zero-order valence-electron chi connectivity index (χ0n) is 9.66. The van der Waals surface area contributed by atoms with E-state index in [1.54, 1.807) is 6.07 Å². The van der Waals surface area contributed by atoms with Crippen molar-refractivity contribution in [2.45, 2.75) is 6.18 Å². The number of imidazole rings is 1. The van der Waals surface area contributed by atoms with E-state index in [0.29, 0.717) is 0 Å². The third-order valence-electron chi connectivity index (χ3n) is 2.51. The minimum absolute atomic E-state index is 0.0179. The molecule has 98 valence electrons. The van der Waals surface area contributed by atoms with E-state index in [9.17, 15) is 17.6 Å². The highest BCUT2D eigenvalue weighted by atomic mass is 19.4. The third kappa shape index (κ3) is 2.42. The van der Waals surface area contributed by atoms with Gasteiger partial charge in [0.15, 0.2) is 5.69 Å². The molecule has 0 atom stereocenters. The number of benzene rings is 1. The predicted octanol–water partition coefficient (Wildman–Crippen LogP) is 3.12. The maximum Gasteiger partial charge on any atom is 0.434 e. The van der Waals surface area contributed by atoms with E-state index in [0.717, 1.165) is 16.8 Å². The van der Waals surface area contributed by atoms with Crippen LogP contribution in [-0.2, 0) is 13.2 Å². The highest BCUT2D eigenvalue weighted by Crippen LogP contribution is 2.30. The van der Waals surface area contributed by atoms with Gasteiger partial charge in [-0.2, -0.15) is 18.4 Å². The summed E-state index contributed by atoms with van der Waals surface area (Å²) in [5.41, 5.74) is -1.04. The minimum Gasteiger partial charge on any atom is -0.333 e. The molecule has 2 aromatic rings. The van der Waals surface area contributed by atoms with Crippen LogP contribution in [0.5, 0.6) is 0 Å². The molecule has 0 radical (unpaired) electrons. The summed E-state index contributed by atoms with van der Waals surface area (Å²) in [7, 11) is 1.38. The fourth-order valence-corrected chi connectivity index (χ4v) is 1.62. The standard InChI is InChI=1S/C12H7F4N3/c1-19-6-10(12(14,15)16)18-11(19)7-2-3-8(5-17)9(13)4-7/h2-4,6H,1H3. The topological polar surface area (TPSA) is 41.6 Å². The van der Waals surface area contributed by atoms with Gasteiger partial charge in [0.1, 0.15) is 17.7 Å². The largest absolute Gasteiger partial charge is 0.434 e. The first-order valence-electron chi connectivity index (χ1n) is 5.13. The van der Waals surface area contributed by atoms with Crippen LogP contribution in [0, 0.1) is 17.1 Å². The normalized spacial score (nSPS) is 11.4. The van der Waals surface area contributed by atoms with Crippen LogP contribution in [0.4, 0.5) is 17.6 Å². The number of nitrogens with zero attached hydrogens (tertiary/aromatic N) is 3. The molecule has 0 amide bonds. The molecule has 0 spiro atoms. The van der Waals surface area contributed by atoms with Gasteiger partial charge in [-0.05, 0) is 18.2 Å². The number of aryl methyl sites for hydroxylation is 1. The van der Waals surface area contributed by atoms with Crippen molar-refractivity contribution in [2.24, 2.45) is 7.05 Å². The van der Waals surface area contributed by atoms with E-state index in [1.807, 2.05) is 0 Å². The molecule has 3 nitrogen and oxygen atoms in total. The van der Waals surface area contributed by atoms with Gasteiger partial charge in [-0.25, -0.2) is 9.37 Å². The Kier molecular flexibility index (Phi) is 3.02. The Morgan fingerprint density at radius 3 is 2.47 bits per heavy atom. The number of alkyl halides is 3. The van der Waals surface area contributed by atoms with E-state index in [-0.39, 0.29) is 17.0 Å². The second-order valence-corrected chi connectivity index (χ2v) is 3.86. The molecule has 0 aliphatic carbocycles. The zero-order valence-corrected chi connectivity index (χ0v) is 9.66. The number of aromatic nitrogens is 2. The van der Waals surface area contributed by atoms with Gasteiger partial charge in [0, 0.05) is 18.8 Å². The molecule has 0 saturated heterocycles. The summed E-state index contributed by atoms with van der Waals surface area (Å²) < 4.78 is 52.1. The number of hydrogen-bond acceptors (Lipinski definition) is 2. The molecule has 7 heteroatoms. The first kappa shape index (κ1) is 13.1. The lowest BCUT2D eigenvalue weighted by molar-refractivity contribution is -0.140. The van der Waals surface area contributed by atoms with Gasteiger partial charge >= 0.3 is 6.18 Å². The molecule has 1 aromatic carbocycles. The quantitative estimate of drug-likeness (QED) is 0.746. The van der Waals surface area contributed by atoms with Gasteiger partial charge < -0.3 is 4.57 Å². The van der Waals surface area contributed by atoms with Crippen molar-refractivity contribution in [1.82, 2.24) is 9.55 Å². The smallest absolute Gasteiger partial charge is 0.333 e. The molecule has 0 bridgehead atoms. The average Bonchev–Trinajstić information content (AvgIpc) is 2.71. The van der Waals surface area contributed by atoms with E-state index in [2.05, 4.69) is 4.98 Å². The van der Waals surface area contributed by atoms with Crippen LogP contribution in [0.3, 0.4) is 0 Å². The van der Waals surface area contributed by atoms with Crippen LogP contribution in [0.25, 0.3) is 11.4 Å². The predicted molar refractivity (Wildman–Crippen MR) is 58.3 cm³/mol. The molecule has 0 aliphatic heterocycles. The van der Waals surface area contributed by atoms with Crippen LogP contribution in [0.2, 0.25) is 0 Å². The second-order valence-electron chi connectivity index (χ2n) is 3.86. The van der Waals surface area contributed by atoms with Crippen molar-refractivity contribution in [1.29, 1.82) is 5.26 Å². The summed E-state index contributed by atoms with van der Waals surface area (Å²) in [5, 5.41) is 8.59. The Morgan fingerprint density at radius 1 is 1.32 bits per heavy atom. The van der Waals surface area contributed by atoms with Gasteiger partial charge in [0.25, 0.3) is 0 Å². The Bertz CT molecular complexity index is 665. The summed E-state index contributed by atoms with van der Waals surface area (Å²) in [6.45, 7) is 0. The first-order valence-corrected chi connectivity index (χ1v) is 5.13. The summed E-state index contributed by atoms with van der Waals surface area (Å²) >= 11 is 0. The SMILES string of the molecule is Cn1cc(C(F)(F)F)nc1-c1ccc(C#N)c(F)c1. The molecule has 0 aliphatic rings. The Hall–Kier alpha value is -2.36. The van der Waals surface area contributed by atoms with Gasteiger partial charge in [0.2, 0.25) is 0 Å². The fraction of sp³-hybridized carbons (Fsp3) is 0.167. The Labute approximate surface area is 105 Å². The molecular formula is C12H7F4N3. The molecule has 19 heavy (non-hydrogen) atoms. The molecule has 1 heterocycles. The minimum atomic E-state index is -4.55. The molecule has 0 fully saturated rings. The lowest BCUT2D eigenvalue weighted by atomic mass is 10.1. The second kappa shape index (κ2) is 4.39. The van der Waals surface area contributed by atoms with Crippen LogP contribution >= 0.6 is 0 Å². The van der Waals surface area contributed by atoms with Gasteiger partial charge in [0.05, 0.1) is 5.56 Å². The maximum atomic E-state index is 13.4. The molecule has 0 unspecified atom stereocenters. The highest BCUT2D eigenvalue weighted by molar-refractivity contribution is 5.58. The van der Waals surface area contributed by atoms with E-state index in [4.69, 9.17) is 5.26 Å². The lowest BCUT2D eigenvalue weighted by Gasteiger charge is -2.02. The zero-order chi connectivity index (χ0) is 14.2. The number of rotatable bonds is 1. The fourth-order valence-electron chi connectivity index (χ4n) is 1.62. The van der Waals surface area contributed by atoms with E-state index < -0.39 is 17.7 Å². The van der Waals surface area contributed by atoms with Crippen molar-refractivity contribution in [3.8, 4) is 17.5 Å². The summed E-state index contributed by atoms with van der Waals surface area (Å²) in [5.74, 6) is -0.813. The van der Waals surface area contributed by atoms with Gasteiger partial charge in [-0.15, -0.1) is 0 Å². The summed E-state index contributed by atoms with van der Waals surface area (Å²) in [4.78, 5) is 3.44. The van der Waals surface area contributed by atoms with E-state index >= 15 is 0 Å². The van der Waals surface area contributed by atoms with Crippen molar-refractivity contribution in [3.63, 3.8) is 0 Å². The lowest BCUT2D eigenvalue weighted by Crippen LogP contribution is -2.04. The average molecular weight is 269 g/mol. The summed E-state index contributed by atoms with van der Waals surface area (Å²) in [6, 6.07) is 5.18. The van der Waals surface area contributed by atoms with Crippen molar-refractivity contribution < 1.29 is 17.6 Å². The van der Waals surface area contributed by atoms with Gasteiger partial charge in [-0.3, -0.25) is 0 Å². The highest BCUT2D eigenvalue weighted by Gasteiger charge is 2.34. The number of hydrogen-bond donors (Lipinski definition) is 0. The van der Waals surface area contributed by atoms with Crippen molar-refractivity contribution >= 4 is 0 Å². The summed E-state index contributed by atoms with van der Waals surface area (Å²) in [6.07, 6.45) is -3.73. The number of halogens is 4. The van der Waals surface area contributed by atoms with E-state index in [1.165, 1.54) is 19.2 Å². The monoisotopic (exact) mass is 269 g/mol. The van der Waals surface area contributed by atoms with Crippen LogP contribution < -0.4 is 0 Å².